The van der Waals surface area contributed by atoms with Crippen LogP contribution in [0.5, 0.6) is 0 Å². The molecule has 0 saturated carbocycles. The molecule has 1 aromatic rings. The normalized spacial score (nSPS) is 11.0. The van der Waals surface area contributed by atoms with E-state index in [9.17, 15) is 18.0 Å². The van der Waals surface area contributed by atoms with Crippen molar-refractivity contribution in [3.05, 3.63) is 28.3 Å². The van der Waals surface area contributed by atoms with Crippen LogP contribution in [0, 0.1) is 11.3 Å². The molecule has 1 rings (SSSR count). The molecule has 0 aliphatic rings. The Hall–Kier alpha value is -1.39. The highest BCUT2D eigenvalue weighted by molar-refractivity contribution is 8.00. The van der Waals surface area contributed by atoms with Crippen molar-refractivity contribution < 1.29 is 22.7 Å². The summed E-state index contributed by atoms with van der Waals surface area (Å²) in [5.41, 5.74) is -4.55. The number of ether oxygens (including phenoxy) is 1. The molecule has 0 N–H and O–H groups in total. The van der Waals surface area contributed by atoms with Crippen molar-refractivity contribution >= 4 is 29.3 Å². The molecule has 0 amide bonds. The Morgan fingerprint density at radius 1 is 1.50 bits per heavy atom. The van der Waals surface area contributed by atoms with Crippen LogP contribution in [0.2, 0.25) is 5.02 Å². The maximum absolute atomic E-state index is 12.5. The topological polar surface area (TPSA) is 50.1 Å². The lowest BCUT2D eigenvalue weighted by molar-refractivity contribution is -0.142. The minimum atomic E-state index is -4.51. The Morgan fingerprint density at radius 3 is 2.65 bits per heavy atom. The summed E-state index contributed by atoms with van der Waals surface area (Å²) in [6.45, 7) is 1.69. The van der Waals surface area contributed by atoms with E-state index in [-0.39, 0.29) is 39.4 Å². The van der Waals surface area contributed by atoms with Gasteiger partial charge in [0.15, 0.2) is 0 Å². The van der Waals surface area contributed by atoms with E-state index < -0.39 is 17.9 Å². The molecule has 8 heteroatoms. The lowest BCUT2D eigenvalue weighted by atomic mass is 10.1. The van der Waals surface area contributed by atoms with E-state index in [4.69, 9.17) is 16.9 Å². The average molecular weight is 324 g/mol. The minimum Gasteiger partial charge on any atom is -0.466 e. The molecule has 0 atom stereocenters. The second-order valence-electron chi connectivity index (χ2n) is 3.55. The molecule has 0 fully saturated rings. The van der Waals surface area contributed by atoms with Crippen LogP contribution in [0.15, 0.2) is 17.0 Å². The Bertz CT molecular complexity index is 555. The molecule has 20 heavy (non-hydrogen) atoms. The number of esters is 1. The summed E-state index contributed by atoms with van der Waals surface area (Å²) in [6.07, 6.45) is -0.416. The number of nitriles is 1. The zero-order valence-electron chi connectivity index (χ0n) is 10.3. The molecule has 0 unspecified atom stereocenters. The molecule has 0 spiro atoms. The lowest BCUT2D eigenvalue weighted by Gasteiger charge is -2.13. The van der Waals surface area contributed by atoms with Gasteiger partial charge >= 0.3 is 11.5 Å². The van der Waals surface area contributed by atoms with Gasteiger partial charge in [-0.1, -0.05) is 11.6 Å². The van der Waals surface area contributed by atoms with Crippen LogP contribution in [0.4, 0.5) is 13.2 Å². The molecule has 0 radical (unpaired) electrons. The maximum atomic E-state index is 12.5. The molecule has 0 aliphatic heterocycles. The fourth-order valence-corrected chi connectivity index (χ4v) is 2.44. The van der Waals surface area contributed by atoms with Gasteiger partial charge in [-0.15, -0.1) is 0 Å². The maximum Gasteiger partial charge on any atom is 0.446 e. The Balaban J connectivity index is 3.21. The number of halogens is 4. The highest BCUT2D eigenvalue weighted by atomic mass is 35.5. The minimum absolute atomic E-state index is 0.0116. The number of thioether (sulfide) groups is 1. The summed E-state index contributed by atoms with van der Waals surface area (Å²) in [4.78, 5) is 11.2. The molecule has 3 nitrogen and oxygen atoms in total. The molecular formula is C12H9ClF3NO2S. The van der Waals surface area contributed by atoms with Crippen molar-refractivity contribution in [2.24, 2.45) is 0 Å². The molecule has 1 aromatic carbocycles. The van der Waals surface area contributed by atoms with E-state index in [2.05, 4.69) is 4.74 Å². The summed E-state index contributed by atoms with van der Waals surface area (Å²) in [7, 11) is 0. The molecule has 0 aliphatic carbocycles. The molecule has 0 saturated heterocycles. The number of benzene rings is 1. The zero-order valence-corrected chi connectivity index (χ0v) is 11.8. The van der Waals surface area contributed by atoms with E-state index in [1.807, 2.05) is 0 Å². The number of alkyl halides is 3. The van der Waals surface area contributed by atoms with Crippen molar-refractivity contribution in [2.75, 3.05) is 6.61 Å². The van der Waals surface area contributed by atoms with Crippen LogP contribution < -0.4 is 0 Å². The number of hydrogen-bond acceptors (Lipinski definition) is 4. The summed E-state index contributed by atoms with van der Waals surface area (Å²) in [5.74, 6) is -0.700. The first-order chi connectivity index (χ1) is 9.28. The Morgan fingerprint density at radius 2 is 2.15 bits per heavy atom. The van der Waals surface area contributed by atoms with Gasteiger partial charge in [-0.3, -0.25) is 4.79 Å². The van der Waals surface area contributed by atoms with E-state index in [0.29, 0.717) is 0 Å². The Labute approximate surface area is 122 Å². The van der Waals surface area contributed by atoms with Gasteiger partial charge in [0.05, 0.1) is 23.6 Å². The van der Waals surface area contributed by atoms with Crippen LogP contribution in [0.3, 0.4) is 0 Å². The molecule has 108 valence electrons. The van der Waals surface area contributed by atoms with Gasteiger partial charge in [-0.05, 0) is 36.4 Å². The number of rotatable bonds is 4. The van der Waals surface area contributed by atoms with Gasteiger partial charge in [-0.2, -0.15) is 18.4 Å². The van der Waals surface area contributed by atoms with Crippen molar-refractivity contribution in [1.82, 2.24) is 0 Å². The number of carbonyl (C=O) groups excluding carboxylic acids is 1. The Kier molecular flexibility index (Phi) is 5.72. The second-order valence-corrected chi connectivity index (χ2v) is 5.03. The molecular weight excluding hydrogens is 315 g/mol. The number of nitrogens with zero attached hydrogens (tertiary/aromatic N) is 1. The van der Waals surface area contributed by atoms with Crippen LogP contribution in [0.25, 0.3) is 0 Å². The number of carbonyl (C=O) groups is 1. The van der Waals surface area contributed by atoms with E-state index >= 15 is 0 Å². The quantitative estimate of drug-likeness (QED) is 0.622. The van der Waals surface area contributed by atoms with Gasteiger partial charge in [-0.25, -0.2) is 0 Å². The molecule has 0 heterocycles. The van der Waals surface area contributed by atoms with Crippen LogP contribution in [-0.2, 0) is 16.0 Å². The van der Waals surface area contributed by atoms with Crippen LogP contribution >= 0.6 is 23.4 Å². The zero-order chi connectivity index (χ0) is 15.3. The largest absolute Gasteiger partial charge is 0.466 e. The highest BCUT2D eigenvalue weighted by Crippen LogP contribution is 2.41. The standard InChI is InChI=1S/C12H9ClF3NO2S/c1-2-19-10(18)5-8-9(20-12(14,15)16)4-3-7(6-17)11(8)13/h3-4H,2,5H2,1H3. The number of hydrogen-bond donors (Lipinski definition) is 0. The van der Waals surface area contributed by atoms with Crippen molar-refractivity contribution in [2.45, 2.75) is 23.7 Å². The predicted octanol–water partition coefficient (Wildman–Crippen LogP) is 3.93. The van der Waals surface area contributed by atoms with Crippen molar-refractivity contribution in [3.63, 3.8) is 0 Å². The molecule has 0 bridgehead atoms. The third-order valence-corrected chi connectivity index (χ3v) is 3.44. The predicted molar refractivity (Wildman–Crippen MR) is 68.4 cm³/mol. The lowest BCUT2D eigenvalue weighted by Crippen LogP contribution is -2.10. The van der Waals surface area contributed by atoms with Gasteiger partial charge in [0, 0.05) is 4.90 Å². The third-order valence-electron chi connectivity index (χ3n) is 2.17. The SMILES string of the molecule is CCOC(=O)Cc1c(SC(F)(F)F)ccc(C#N)c1Cl. The fourth-order valence-electron chi connectivity index (χ4n) is 1.43. The third kappa shape index (κ3) is 4.62. The van der Waals surface area contributed by atoms with E-state index in [1.54, 1.807) is 13.0 Å². The van der Waals surface area contributed by atoms with Gasteiger partial charge in [0.2, 0.25) is 0 Å². The van der Waals surface area contributed by atoms with Crippen molar-refractivity contribution in [3.8, 4) is 6.07 Å². The molecule has 0 aromatic heterocycles. The summed E-state index contributed by atoms with van der Waals surface area (Å²) < 4.78 is 42.1. The van der Waals surface area contributed by atoms with Crippen LogP contribution in [-0.4, -0.2) is 18.1 Å². The van der Waals surface area contributed by atoms with Crippen molar-refractivity contribution in [1.29, 1.82) is 5.26 Å². The average Bonchev–Trinajstić information content (AvgIpc) is 2.32. The smallest absolute Gasteiger partial charge is 0.446 e. The van der Waals surface area contributed by atoms with Gasteiger partial charge in [0.25, 0.3) is 0 Å². The fraction of sp³-hybridized carbons (Fsp3) is 0.333. The monoisotopic (exact) mass is 323 g/mol. The van der Waals surface area contributed by atoms with Crippen LogP contribution in [0.1, 0.15) is 18.1 Å². The summed E-state index contributed by atoms with van der Waals surface area (Å²) >= 11 is 5.50. The second kappa shape index (κ2) is 6.86. The van der Waals surface area contributed by atoms with Gasteiger partial charge in [0.1, 0.15) is 6.07 Å². The first kappa shape index (κ1) is 16.7. The highest BCUT2D eigenvalue weighted by Gasteiger charge is 2.31. The first-order valence-electron chi connectivity index (χ1n) is 5.41. The summed E-state index contributed by atoms with van der Waals surface area (Å²) in [5, 5.41) is 8.67. The van der Waals surface area contributed by atoms with E-state index in [0.717, 1.165) is 6.07 Å². The summed E-state index contributed by atoms with van der Waals surface area (Å²) in [6, 6.07) is 4.06. The van der Waals surface area contributed by atoms with Gasteiger partial charge < -0.3 is 4.74 Å². The first-order valence-corrected chi connectivity index (χ1v) is 6.60. The van der Waals surface area contributed by atoms with E-state index in [1.165, 1.54) is 6.07 Å².